The van der Waals surface area contributed by atoms with Crippen molar-refractivity contribution < 1.29 is 14.3 Å². The molecule has 1 aliphatic rings. The van der Waals surface area contributed by atoms with Gasteiger partial charge in [0.2, 0.25) is 5.79 Å². The molecule has 3 heterocycles. The molecule has 0 aromatic carbocycles. The Bertz CT molecular complexity index is 704. The molecule has 4 N–H and O–H groups in total. The monoisotopic (exact) mass is 306 g/mol. The number of nitrogen functional groups attached to an aromatic ring is 1. The minimum Gasteiger partial charge on any atom is -0.435 e. The van der Waals surface area contributed by atoms with Crippen molar-refractivity contribution in [1.82, 2.24) is 19.5 Å². The fourth-order valence-electron chi connectivity index (χ4n) is 2.93. The van der Waals surface area contributed by atoms with Crippen LogP contribution >= 0.6 is 0 Å². The molecular weight excluding hydrogens is 288 g/mol. The number of hydrogen-bond acceptors (Lipinski definition) is 8. The molecule has 9 heteroatoms. The van der Waals surface area contributed by atoms with E-state index in [9.17, 15) is 4.79 Å². The summed E-state index contributed by atoms with van der Waals surface area (Å²) in [6, 6.07) is -0.395. The molecule has 0 radical (unpaired) electrons. The average Bonchev–Trinajstić information content (AvgIpc) is 3.04. The van der Waals surface area contributed by atoms with Crippen LogP contribution in [0.4, 0.5) is 5.82 Å². The van der Waals surface area contributed by atoms with Crippen molar-refractivity contribution in [2.45, 2.75) is 38.3 Å². The van der Waals surface area contributed by atoms with E-state index in [4.69, 9.17) is 20.9 Å². The molecule has 2 aromatic rings. The Morgan fingerprint density at radius 3 is 2.95 bits per heavy atom. The van der Waals surface area contributed by atoms with Gasteiger partial charge in [0.15, 0.2) is 17.7 Å². The first-order chi connectivity index (χ1) is 10.5. The first-order valence-electron chi connectivity index (χ1n) is 7.02. The van der Waals surface area contributed by atoms with Crippen molar-refractivity contribution in [3.05, 3.63) is 12.7 Å². The zero-order chi connectivity index (χ0) is 15.9. The van der Waals surface area contributed by atoms with E-state index < -0.39 is 18.1 Å². The summed E-state index contributed by atoms with van der Waals surface area (Å²) in [5.74, 6) is -0.959. The fraction of sp³-hybridized carbons (Fsp3) is 0.538. The highest BCUT2D eigenvalue weighted by molar-refractivity contribution is 5.81. The van der Waals surface area contributed by atoms with Crippen LogP contribution in [0, 0.1) is 5.92 Å². The lowest BCUT2D eigenvalue weighted by Crippen LogP contribution is -2.41. The summed E-state index contributed by atoms with van der Waals surface area (Å²) in [6.45, 7) is 4.16. The number of hydrogen-bond donors (Lipinski definition) is 2. The van der Waals surface area contributed by atoms with Crippen molar-refractivity contribution in [2.24, 2.45) is 11.7 Å². The summed E-state index contributed by atoms with van der Waals surface area (Å²) in [7, 11) is 0. The largest absolute Gasteiger partial charge is 0.435 e. The van der Waals surface area contributed by atoms with E-state index in [2.05, 4.69) is 15.0 Å². The summed E-state index contributed by atoms with van der Waals surface area (Å²) in [4.78, 5) is 23.1. The van der Waals surface area contributed by atoms with Crippen LogP contribution in [0.3, 0.4) is 0 Å². The van der Waals surface area contributed by atoms with Crippen LogP contribution in [0.15, 0.2) is 12.7 Å². The van der Waals surface area contributed by atoms with Gasteiger partial charge in [-0.15, -0.1) is 0 Å². The highest BCUT2D eigenvalue weighted by atomic mass is 16.7. The van der Waals surface area contributed by atoms with Gasteiger partial charge in [0.25, 0.3) is 6.47 Å². The molecule has 1 fully saturated rings. The summed E-state index contributed by atoms with van der Waals surface area (Å²) in [5, 5.41) is 0. The van der Waals surface area contributed by atoms with Gasteiger partial charge < -0.3 is 20.9 Å². The predicted molar refractivity (Wildman–Crippen MR) is 77.2 cm³/mol. The van der Waals surface area contributed by atoms with Crippen molar-refractivity contribution in [3.63, 3.8) is 0 Å². The van der Waals surface area contributed by atoms with Crippen molar-refractivity contribution >= 4 is 23.5 Å². The van der Waals surface area contributed by atoms with E-state index in [1.54, 1.807) is 10.9 Å². The second-order valence-electron chi connectivity index (χ2n) is 5.34. The lowest BCUT2D eigenvalue weighted by atomic mass is 9.93. The number of carbonyl (C=O) groups excluding carboxylic acids is 1. The van der Waals surface area contributed by atoms with Gasteiger partial charge in [-0.05, 0) is 0 Å². The third-order valence-electron chi connectivity index (χ3n) is 4.32. The molecule has 2 aromatic heterocycles. The highest BCUT2D eigenvalue weighted by Gasteiger charge is 2.53. The molecule has 4 atom stereocenters. The van der Waals surface area contributed by atoms with Gasteiger partial charge in [-0.3, -0.25) is 9.36 Å². The molecule has 0 spiro atoms. The van der Waals surface area contributed by atoms with Gasteiger partial charge in [0, 0.05) is 12.3 Å². The maximum absolute atomic E-state index is 10.8. The zero-order valence-electron chi connectivity index (χ0n) is 12.3. The lowest BCUT2D eigenvalue weighted by molar-refractivity contribution is -0.236. The Kier molecular flexibility index (Phi) is 3.45. The molecule has 1 unspecified atom stereocenters. The summed E-state index contributed by atoms with van der Waals surface area (Å²) in [5.41, 5.74) is 13.1. The molecule has 1 aliphatic heterocycles. The average molecular weight is 306 g/mol. The smallest absolute Gasteiger partial charge is 0.295 e. The number of imidazole rings is 1. The fourth-order valence-corrected chi connectivity index (χ4v) is 2.93. The van der Waals surface area contributed by atoms with Crippen LogP contribution in [0.1, 0.15) is 26.5 Å². The van der Waals surface area contributed by atoms with E-state index in [-0.39, 0.29) is 11.7 Å². The zero-order valence-corrected chi connectivity index (χ0v) is 12.3. The molecule has 0 aliphatic carbocycles. The van der Waals surface area contributed by atoms with Crippen LogP contribution < -0.4 is 11.5 Å². The van der Waals surface area contributed by atoms with Crippen molar-refractivity contribution in [3.8, 4) is 0 Å². The Hall–Kier alpha value is -2.26. The molecule has 0 saturated carbocycles. The Morgan fingerprint density at radius 1 is 1.50 bits per heavy atom. The maximum atomic E-state index is 10.8. The van der Waals surface area contributed by atoms with Gasteiger partial charge in [0.1, 0.15) is 11.8 Å². The maximum Gasteiger partial charge on any atom is 0.295 e. The summed E-state index contributed by atoms with van der Waals surface area (Å²) in [6.07, 6.45) is 2.84. The standard InChI is InChI=1S/C13H18N6O3/c1-3-13(21-6-20)7(2)8(14)12(22-13)19-5-18-9-10(15)16-4-17-11(9)19/h4-8,12H,3,14H2,1-2H3,(H2,15,16,17)/t7?,8-,12+,13-/m0/s1. The normalized spacial score (nSPS) is 31.5. The molecular formula is C13H18N6O3. The topological polar surface area (TPSA) is 131 Å². The van der Waals surface area contributed by atoms with E-state index >= 15 is 0 Å². The number of carbonyl (C=O) groups is 1. The van der Waals surface area contributed by atoms with E-state index in [0.29, 0.717) is 24.1 Å². The molecule has 0 bridgehead atoms. The van der Waals surface area contributed by atoms with E-state index in [1.807, 2.05) is 13.8 Å². The SMILES string of the molecule is CC[C@]1(OC=O)O[C@@H](n2cnc3c(N)ncnc32)[C@@H](N)C1C. The Balaban J connectivity index is 2.04. The number of aromatic nitrogens is 4. The van der Waals surface area contributed by atoms with Crippen molar-refractivity contribution in [2.75, 3.05) is 5.73 Å². The predicted octanol–water partition coefficient (Wildman–Crippen LogP) is 0.180. The highest BCUT2D eigenvalue weighted by Crippen LogP contribution is 2.43. The lowest BCUT2D eigenvalue weighted by Gasteiger charge is -2.29. The first-order valence-corrected chi connectivity index (χ1v) is 7.02. The molecule has 9 nitrogen and oxygen atoms in total. The van der Waals surface area contributed by atoms with Crippen LogP contribution in [0.2, 0.25) is 0 Å². The van der Waals surface area contributed by atoms with Gasteiger partial charge >= 0.3 is 0 Å². The number of ether oxygens (including phenoxy) is 2. The van der Waals surface area contributed by atoms with Gasteiger partial charge in [-0.1, -0.05) is 13.8 Å². The summed E-state index contributed by atoms with van der Waals surface area (Å²) < 4.78 is 12.9. The molecule has 118 valence electrons. The molecule has 0 amide bonds. The van der Waals surface area contributed by atoms with Crippen LogP contribution in [0.25, 0.3) is 11.2 Å². The minimum atomic E-state index is -1.05. The van der Waals surface area contributed by atoms with Gasteiger partial charge in [0.05, 0.1) is 12.4 Å². The Morgan fingerprint density at radius 2 is 2.27 bits per heavy atom. The number of fused-ring (bicyclic) bond motifs is 1. The number of rotatable bonds is 4. The third-order valence-corrected chi connectivity index (χ3v) is 4.32. The molecule has 1 saturated heterocycles. The van der Waals surface area contributed by atoms with E-state index in [0.717, 1.165) is 0 Å². The third kappa shape index (κ3) is 1.93. The minimum absolute atomic E-state index is 0.190. The van der Waals surface area contributed by atoms with E-state index in [1.165, 1.54) is 6.33 Å². The van der Waals surface area contributed by atoms with Crippen LogP contribution in [-0.2, 0) is 14.3 Å². The number of nitrogens with zero attached hydrogens (tertiary/aromatic N) is 4. The Labute approximate surface area is 126 Å². The second-order valence-corrected chi connectivity index (χ2v) is 5.34. The van der Waals surface area contributed by atoms with Crippen LogP contribution in [0.5, 0.6) is 0 Å². The first kappa shape index (κ1) is 14.7. The van der Waals surface area contributed by atoms with Gasteiger partial charge in [-0.25, -0.2) is 15.0 Å². The summed E-state index contributed by atoms with van der Waals surface area (Å²) >= 11 is 0. The molecule has 3 rings (SSSR count). The molecule has 22 heavy (non-hydrogen) atoms. The quantitative estimate of drug-likeness (QED) is 0.765. The van der Waals surface area contributed by atoms with Crippen LogP contribution in [-0.4, -0.2) is 37.8 Å². The number of anilines is 1. The van der Waals surface area contributed by atoms with Gasteiger partial charge in [-0.2, -0.15) is 0 Å². The second kappa shape index (κ2) is 5.18. The van der Waals surface area contributed by atoms with Crippen molar-refractivity contribution in [1.29, 1.82) is 0 Å². The number of nitrogens with two attached hydrogens (primary N) is 2.